The number of allylic oxidation sites excluding steroid dienone is 1. The molecule has 10 heteroatoms. The molecule has 51 heavy (non-hydrogen) atoms. The number of nitrogen functional groups attached to an aromatic ring is 1. The van der Waals surface area contributed by atoms with Gasteiger partial charge in [0.05, 0.1) is 31.8 Å². The summed E-state index contributed by atoms with van der Waals surface area (Å²) in [5.41, 5.74) is 6.11. The predicted molar refractivity (Wildman–Crippen MR) is 201 cm³/mol. The molecule has 1 aromatic rings. The molecular formula is C41H70N6O4. The number of hydrogen-bond acceptors (Lipinski definition) is 8. The number of fused-ring (bicyclic) bond motifs is 3. The number of rotatable bonds is 11. The summed E-state index contributed by atoms with van der Waals surface area (Å²) in [4.78, 5) is 15.2. The highest BCUT2D eigenvalue weighted by Gasteiger charge is 2.72. The maximum Gasteiger partial charge on any atom is 0.307 e. The number of hydrogen-bond donors (Lipinski definition) is 3. The van der Waals surface area contributed by atoms with Crippen molar-refractivity contribution in [1.82, 2.24) is 25.5 Å². The Morgan fingerprint density at radius 3 is 2.39 bits per heavy atom. The van der Waals surface area contributed by atoms with Gasteiger partial charge in [-0.25, -0.2) is 0 Å². The van der Waals surface area contributed by atoms with Gasteiger partial charge >= 0.3 is 5.97 Å². The van der Waals surface area contributed by atoms with Crippen LogP contribution in [0.1, 0.15) is 128 Å². The molecule has 1 aliphatic heterocycles. The molecule has 1 saturated heterocycles. The van der Waals surface area contributed by atoms with Crippen LogP contribution in [-0.2, 0) is 14.3 Å². The van der Waals surface area contributed by atoms with Gasteiger partial charge in [-0.2, -0.15) is 4.80 Å². The van der Waals surface area contributed by atoms with Crippen LogP contribution in [0.2, 0.25) is 0 Å². The molecule has 12 atom stereocenters. The van der Waals surface area contributed by atoms with Crippen LogP contribution in [0.25, 0.3) is 0 Å². The van der Waals surface area contributed by atoms with E-state index in [1.54, 1.807) is 4.80 Å². The Hall–Kier alpha value is -2.04. The van der Waals surface area contributed by atoms with E-state index in [2.05, 4.69) is 110 Å². The molecule has 0 amide bonds. The van der Waals surface area contributed by atoms with E-state index in [-0.39, 0.29) is 56.6 Å². The van der Waals surface area contributed by atoms with E-state index in [4.69, 9.17) is 15.2 Å². The first kappa shape index (κ1) is 38.7. The Bertz CT molecular complexity index is 1490. The third kappa shape index (κ3) is 5.73. The summed E-state index contributed by atoms with van der Waals surface area (Å²) in [5, 5.41) is 28.2. The average Bonchev–Trinajstić information content (AvgIpc) is 3.48. The topological polar surface area (TPSA) is 137 Å². The van der Waals surface area contributed by atoms with Crippen molar-refractivity contribution in [2.24, 2.45) is 68.5 Å². The molecule has 4 N–H and O–H groups in total. The summed E-state index contributed by atoms with van der Waals surface area (Å²) in [5.74, 6) is 1.40. The number of aliphatic carboxylic acids is 1. The number of anilines is 1. The fraction of sp³-hybridized carbons (Fsp3) is 0.902. The van der Waals surface area contributed by atoms with Gasteiger partial charge in [0, 0.05) is 16.4 Å². The molecule has 4 fully saturated rings. The second-order valence-corrected chi connectivity index (χ2v) is 20.2. The third-order valence-electron chi connectivity index (χ3n) is 16.6. The molecule has 6 rings (SSSR count). The SMILES string of the molecule is CC(C)CN[C@@](C)(CO[C@H]1[C@H](n2nnc(N)n2)CC23COC[C@@]1(C)[C@@H]2CC[C@H]1C3=CC[C@@]2(C)[C@H](C(=O)O)[C@@](C)([C@H](C)C(C)C)CC[C@]12C)C(C)C. The molecule has 0 radical (unpaired) electrons. The smallest absolute Gasteiger partial charge is 0.307 e. The number of nitrogens with zero attached hydrogens (tertiary/aromatic N) is 4. The molecule has 288 valence electrons. The first-order valence-corrected chi connectivity index (χ1v) is 20.1. The van der Waals surface area contributed by atoms with Gasteiger partial charge in [0.1, 0.15) is 6.04 Å². The molecule has 10 nitrogen and oxygen atoms in total. The number of carboxylic acids is 1. The lowest BCUT2D eigenvalue weighted by Gasteiger charge is -2.71. The van der Waals surface area contributed by atoms with Gasteiger partial charge in [-0.05, 0) is 109 Å². The van der Waals surface area contributed by atoms with Crippen molar-refractivity contribution in [3.05, 3.63) is 11.6 Å². The lowest BCUT2D eigenvalue weighted by atomic mass is 9.34. The average molecular weight is 711 g/mol. The Morgan fingerprint density at radius 2 is 1.80 bits per heavy atom. The van der Waals surface area contributed by atoms with Crippen molar-refractivity contribution >= 4 is 11.9 Å². The van der Waals surface area contributed by atoms with E-state index in [1.165, 1.54) is 5.57 Å². The van der Waals surface area contributed by atoms with Gasteiger partial charge in [-0.15, -0.1) is 5.10 Å². The molecular weight excluding hydrogens is 640 g/mol. The van der Waals surface area contributed by atoms with Crippen molar-refractivity contribution in [2.75, 3.05) is 32.1 Å². The van der Waals surface area contributed by atoms with Gasteiger partial charge in [0.25, 0.3) is 5.95 Å². The molecule has 0 aromatic carbocycles. The van der Waals surface area contributed by atoms with E-state index in [1.807, 2.05) is 0 Å². The van der Waals surface area contributed by atoms with E-state index in [0.717, 1.165) is 45.1 Å². The van der Waals surface area contributed by atoms with Crippen LogP contribution in [0.3, 0.4) is 0 Å². The highest BCUT2D eigenvalue weighted by Crippen LogP contribution is 2.75. The van der Waals surface area contributed by atoms with Crippen LogP contribution in [0, 0.1) is 68.5 Å². The fourth-order valence-electron chi connectivity index (χ4n) is 12.6. The first-order valence-electron chi connectivity index (χ1n) is 20.1. The summed E-state index contributed by atoms with van der Waals surface area (Å²) in [6.07, 6.45) is 7.96. The molecule has 4 aliphatic carbocycles. The number of aromatic nitrogens is 4. The van der Waals surface area contributed by atoms with Crippen LogP contribution in [-0.4, -0.2) is 69.3 Å². The van der Waals surface area contributed by atoms with Crippen LogP contribution in [0.15, 0.2) is 11.6 Å². The van der Waals surface area contributed by atoms with Gasteiger partial charge in [0.15, 0.2) is 0 Å². The number of tetrazole rings is 1. The third-order valence-corrected chi connectivity index (χ3v) is 16.6. The zero-order valence-electron chi connectivity index (χ0n) is 33.9. The van der Waals surface area contributed by atoms with Gasteiger partial charge in [0.2, 0.25) is 0 Å². The quantitative estimate of drug-likeness (QED) is 0.200. The minimum Gasteiger partial charge on any atom is -0.481 e. The highest BCUT2D eigenvalue weighted by atomic mass is 16.5. The second kappa shape index (κ2) is 13.1. The monoisotopic (exact) mass is 711 g/mol. The Balaban J connectivity index is 1.42. The normalized spacial score (nSPS) is 42.5. The maximum atomic E-state index is 13.5. The number of carbonyl (C=O) groups is 1. The molecule has 0 spiro atoms. The zero-order chi connectivity index (χ0) is 37.5. The van der Waals surface area contributed by atoms with Crippen LogP contribution < -0.4 is 11.1 Å². The lowest BCUT2D eigenvalue weighted by Crippen LogP contribution is -2.69. The summed E-state index contributed by atoms with van der Waals surface area (Å²) < 4.78 is 14.0. The van der Waals surface area contributed by atoms with Crippen molar-refractivity contribution in [1.29, 1.82) is 0 Å². The fourth-order valence-corrected chi connectivity index (χ4v) is 12.6. The van der Waals surface area contributed by atoms with Crippen LogP contribution >= 0.6 is 0 Å². The van der Waals surface area contributed by atoms with E-state index >= 15 is 0 Å². The highest BCUT2D eigenvalue weighted by molar-refractivity contribution is 5.73. The number of nitrogens with two attached hydrogens (primary N) is 1. The minimum absolute atomic E-state index is 0.149. The second-order valence-electron chi connectivity index (χ2n) is 20.2. The maximum absolute atomic E-state index is 13.5. The molecule has 5 aliphatic rings. The first-order chi connectivity index (χ1) is 23.7. The summed E-state index contributed by atoms with van der Waals surface area (Å²) in [7, 11) is 0. The van der Waals surface area contributed by atoms with Gasteiger partial charge < -0.3 is 25.6 Å². The molecule has 2 bridgehead atoms. The summed E-state index contributed by atoms with van der Waals surface area (Å²) in [6, 6.07) is -0.171. The molecule has 1 unspecified atom stereocenters. The van der Waals surface area contributed by atoms with E-state index in [0.29, 0.717) is 49.4 Å². The van der Waals surface area contributed by atoms with Crippen LogP contribution in [0.4, 0.5) is 5.95 Å². The molecule has 2 heterocycles. The van der Waals surface area contributed by atoms with Gasteiger partial charge in [-0.1, -0.05) is 92.9 Å². The Morgan fingerprint density at radius 1 is 1.10 bits per heavy atom. The Kier molecular flexibility index (Phi) is 9.91. The number of ether oxygens (including phenoxy) is 2. The van der Waals surface area contributed by atoms with E-state index < -0.39 is 11.9 Å². The van der Waals surface area contributed by atoms with Crippen molar-refractivity contribution < 1.29 is 19.4 Å². The zero-order valence-corrected chi connectivity index (χ0v) is 33.9. The lowest BCUT2D eigenvalue weighted by molar-refractivity contribution is -0.254. The van der Waals surface area contributed by atoms with Crippen molar-refractivity contribution in [3.8, 4) is 0 Å². The number of nitrogens with one attached hydrogen (secondary N) is 1. The summed E-state index contributed by atoms with van der Waals surface area (Å²) in [6.45, 7) is 30.3. The molecule has 1 aromatic heterocycles. The number of carboxylic acid groups (broad SMARTS) is 1. The summed E-state index contributed by atoms with van der Waals surface area (Å²) >= 11 is 0. The minimum atomic E-state index is -0.625. The van der Waals surface area contributed by atoms with Crippen molar-refractivity contribution in [3.63, 3.8) is 0 Å². The predicted octanol–water partition coefficient (Wildman–Crippen LogP) is 7.43. The van der Waals surface area contributed by atoms with Crippen molar-refractivity contribution in [2.45, 2.75) is 139 Å². The standard InChI is InChI=1S/C41H70N6O4/c1-24(2)20-43-40(12,26(5)6)22-51-33-30(47-45-35(42)44-46-47)19-41-23-50-21-37(33,9)31(41)14-13-28-29(41)15-16-39(11)32(34(48)49)36(8,27(7)25(3)4)17-18-38(28,39)10/h15,24-28,30-33,43H,13-14,16-23H2,1-12H3,(H2,42,45)(H,48,49)/t27-,28+,30-,31+,32-,33+,36-,37+,38-,39+,40+,41?/m1/s1. The largest absolute Gasteiger partial charge is 0.481 e. The Labute approximate surface area is 307 Å². The van der Waals surface area contributed by atoms with Crippen LogP contribution in [0.5, 0.6) is 0 Å². The molecule has 3 saturated carbocycles. The van der Waals surface area contributed by atoms with Gasteiger partial charge in [-0.3, -0.25) is 4.79 Å². The van der Waals surface area contributed by atoms with E-state index in [9.17, 15) is 9.90 Å².